The van der Waals surface area contributed by atoms with Gasteiger partial charge >= 0.3 is 0 Å². The Labute approximate surface area is 104 Å². The second-order valence-corrected chi connectivity index (χ2v) is 5.03. The van der Waals surface area contributed by atoms with Crippen LogP contribution in [0.25, 0.3) is 0 Å². The van der Waals surface area contributed by atoms with Crippen molar-refractivity contribution in [2.45, 2.75) is 31.1 Å². The summed E-state index contributed by atoms with van der Waals surface area (Å²) in [6.45, 7) is 4.93. The lowest BCUT2D eigenvalue weighted by molar-refractivity contribution is -0.00461. The summed E-state index contributed by atoms with van der Waals surface area (Å²) in [7, 11) is 5.34. The van der Waals surface area contributed by atoms with Crippen molar-refractivity contribution in [2.75, 3.05) is 47.5 Å². The minimum absolute atomic E-state index is 0.152. The third-order valence-electron chi connectivity index (χ3n) is 3.83. The number of nitrogens with zero attached hydrogens (tertiary/aromatic N) is 1. The normalized spacial score (nSPS) is 29.5. The molecule has 0 spiro atoms. The van der Waals surface area contributed by atoms with Gasteiger partial charge < -0.3 is 19.9 Å². The molecule has 0 saturated carbocycles. The minimum atomic E-state index is -0.201. The van der Waals surface area contributed by atoms with E-state index in [1.807, 2.05) is 14.0 Å². The lowest BCUT2D eigenvalue weighted by Crippen LogP contribution is -2.46. The zero-order valence-electron chi connectivity index (χ0n) is 11.4. The van der Waals surface area contributed by atoms with Gasteiger partial charge in [-0.3, -0.25) is 4.90 Å². The van der Waals surface area contributed by atoms with Crippen LogP contribution in [0.2, 0.25) is 0 Å². The molecular weight excluding hydrogens is 220 g/mol. The summed E-state index contributed by atoms with van der Waals surface area (Å²) in [6.07, 6.45) is 1.23. The quantitative estimate of drug-likeness (QED) is 0.645. The van der Waals surface area contributed by atoms with E-state index in [1.54, 1.807) is 14.2 Å². The molecule has 1 saturated heterocycles. The highest BCUT2D eigenvalue weighted by atomic mass is 16.5. The third-order valence-corrected chi connectivity index (χ3v) is 3.83. The fourth-order valence-corrected chi connectivity index (χ4v) is 2.14. The van der Waals surface area contributed by atoms with Crippen LogP contribution in [0.1, 0.15) is 13.3 Å². The molecule has 0 aromatic heterocycles. The maximum Gasteiger partial charge on any atom is 0.0971 e. The molecule has 17 heavy (non-hydrogen) atoms. The molecular formula is C12H26N2O3. The van der Waals surface area contributed by atoms with E-state index in [4.69, 9.17) is 9.47 Å². The van der Waals surface area contributed by atoms with Gasteiger partial charge in [0, 0.05) is 39.4 Å². The summed E-state index contributed by atoms with van der Waals surface area (Å²) in [5.41, 5.74) is -0.201. The van der Waals surface area contributed by atoms with Crippen molar-refractivity contribution in [2.24, 2.45) is 0 Å². The predicted octanol–water partition coefficient (Wildman–Crippen LogP) is -0.307. The fourth-order valence-electron chi connectivity index (χ4n) is 2.14. The van der Waals surface area contributed by atoms with Gasteiger partial charge in [-0.2, -0.15) is 0 Å². The molecule has 1 aliphatic rings. The Bertz CT molecular complexity index is 210. The first-order chi connectivity index (χ1) is 8.08. The number of ether oxygens (including phenoxy) is 2. The average Bonchev–Trinajstić information content (AvgIpc) is 2.78. The molecule has 0 aromatic rings. The lowest BCUT2D eigenvalue weighted by Gasteiger charge is -2.29. The molecule has 1 heterocycles. The smallest absolute Gasteiger partial charge is 0.0971 e. The van der Waals surface area contributed by atoms with Crippen LogP contribution >= 0.6 is 0 Å². The molecule has 0 aromatic carbocycles. The van der Waals surface area contributed by atoms with E-state index < -0.39 is 0 Å². The van der Waals surface area contributed by atoms with E-state index in [0.29, 0.717) is 0 Å². The van der Waals surface area contributed by atoms with Crippen LogP contribution in [-0.2, 0) is 9.47 Å². The average molecular weight is 246 g/mol. The summed E-state index contributed by atoms with van der Waals surface area (Å²) in [6, 6.07) is 0. The van der Waals surface area contributed by atoms with Crippen molar-refractivity contribution in [3.8, 4) is 0 Å². The topological polar surface area (TPSA) is 54.0 Å². The van der Waals surface area contributed by atoms with E-state index in [0.717, 1.165) is 26.1 Å². The number of likely N-dealkylation sites (tertiary alicyclic amines) is 1. The Morgan fingerprint density at radius 3 is 2.18 bits per heavy atom. The van der Waals surface area contributed by atoms with E-state index in [9.17, 15) is 5.11 Å². The van der Waals surface area contributed by atoms with Gasteiger partial charge in [0.05, 0.1) is 18.8 Å². The van der Waals surface area contributed by atoms with Gasteiger partial charge in [-0.25, -0.2) is 0 Å². The molecule has 0 bridgehead atoms. The predicted molar refractivity (Wildman–Crippen MR) is 67.2 cm³/mol. The maximum absolute atomic E-state index is 9.33. The van der Waals surface area contributed by atoms with Gasteiger partial charge in [-0.1, -0.05) is 0 Å². The summed E-state index contributed by atoms with van der Waals surface area (Å²) < 4.78 is 10.8. The molecule has 1 aliphatic heterocycles. The van der Waals surface area contributed by atoms with Crippen LogP contribution < -0.4 is 5.32 Å². The number of rotatable bonds is 7. The maximum atomic E-state index is 9.33. The van der Waals surface area contributed by atoms with Crippen LogP contribution in [0, 0.1) is 0 Å². The van der Waals surface area contributed by atoms with Crippen molar-refractivity contribution in [1.29, 1.82) is 0 Å². The standard InChI is InChI=1S/C12H26N2O3/c1-12(9-15,13-2)5-6-14-7-10(16-3)11(8-14)17-4/h10-11,13,15H,5-9H2,1-4H3. The summed E-state index contributed by atoms with van der Waals surface area (Å²) in [5, 5.41) is 12.5. The van der Waals surface area contributed by atoms with Crippen molar-refractivity contribution >= 4 is 0 Å². The highest BCUT2D eigenvalue weighted by molar-refractivity contribution is 4.88. The molecule has 1 fully saturated rings. The SMILES string of the molecule is CNC(C)(CO)CCN1CC(OC)C(OC)C1. The molecule has 5 nitrogen and oxygen atoms in total. The Morgan fingerprint density at radius 1 is 1.29 bits per heavy atom. The number of nitrogens with one attached hydrogen (secondary N) is 1. The molecule has 3 unspecified atom stereocenters. The van der Waals surface area contributed by atoms with E-state index >= 15 is 0 Å². The van der Waals surface area contributed by atoms with Gasteiger partial charge in [-0.15, -0.1) is 0 Å². The molecule has 1 rings (SSSR count). The summed E-state index contributed by atoms with van der Waals surface area (Å²) >= 11 is 0. The van der Waals surface area contributed by atoms with Gasteiger partial charge in [0.15, 0.2) is 0 Å². The summed E-state index contributed by atoms with van der Waals surface area (Å²) in [4.78, 5) is 2.33. The van der Waals surface area contributed by atoms with Crippen LogP contribution in [0.5, 0.6) is 0 Å². The largest absolute Gasteiger partial charge is 0.394 e. The van der Waals surface area contributed by atoms with Crippen molar-refractivity contribution in [1.82, 2.24) is 10.2 Å². The van der Waals surface area contributed by atoms with Crippen LogP contribution in [0.3, 0.4) is 0 Å². The molecule has 0 aliphatic carbocycles. The number of methoxy groups -OCH3 is 2. The zero-order chi connectivity index (χ0) is 12.9. The van der Waals surface area contributed by atoms with Gasteiger partial charge in [0.1, 0.15) is 0 Å². The Balaban J connectivity index is 2.39. The monoisotopic (exact) mass is 246 g/mol. The van der Waals surface area contributed by atoms with Crippen LogP contribution in [0.4, 0.5) is 0 Å². The second-order valence-electron chi connectivity index (χ2n) is 5.03. The molecule has 5 heteroatoms. The number of hydrogen-bond acceptors (Lipinski definition) is 5. The van der Waals surface area contributed by atoms with Gasteiger partial charge in [-0.05, 0) is 20.4 Å². The number of likely N-dealkylation sites (N-methyl/N-ethyl adjacent to an activating group) is 1. The highest BCUT2D eigenvalue weighted by Gasteiger charge is 2.33. The van der Waals surface area contributed by atoms with Crippen LogP contribution in [0.15, 0.2) is 0 Å². The molecule has 3 atom stereocenters. The third kappa shape index (κ3) is 3.89. The molecule has 0 amide bonds. The first kappa shape index (κ1) is 14.9. The number of hydrogen-bond donors (Lipinski definition) is 2. The van der Waals surface area contributed by atoms with Gasteiger partial charge in [0.25, 0.3) is 0 Å². The minimum Gasteiger partial charge on any atom is -0.394 e. The lowest BCUT2D eigenvalue weighted by atomic mass is 9.99. The molecule has 2 N–H and O–H groups in total. The van der Waals surface area contributed by atoms with Gasteiger partial charge in [0.2, 0.25) is 0 Å². The molecule has 0 radical (unpaired) electrons. The molecule has 102 valence electrons. The van der Waals surface area contributed by atoms with E-state index in [1.165, 1.54) is 0 Å². The van der Waals surface area contributed by atoms with Crippen LogP contribution in [-0.4, -0.2) is 75.3 Å². The summed E-state index contributed by atoms with van der Waals surface area (Å²) in [5.74, 6) is 0. The number of aliphatic hydroxyl groups is 1. The Kier molecular flexibility index (Phi) is 5.82. The van der Waals surface area contributed by atoms with Crippen molar-refractivity contribution in [3.05, 3.63) is 0 Å². The first-order valence-electron chi connectivity index (χ1n) is 6.16. The first-order valence-corrected chi connectivity index (χ1v) is 6.16. The highest BCUT2D eigenvalue weighted by Crippen LogP contribution is 2.18. The second kappa shape index (κ2) is 6.66. The Hall–Kier alpha value is -0.200. The van der Waals surface area contributed by atoms with Crippen molar-refractivity contribution in [3.63, 3.8) is 0 Å². The van der Waals surface area contributed by atoms with E-state index in [-0.39, 0.29) is 24.4 Å². The fraction of sp³-hybridized carbons (Fsp3) is 1.00. The Morgan fingerprint density at radius 2 is 1.82 bits per heavy atom. The zero-order valence-corrected chi connectivity index (χ0v) is 11.4. The van der Waals surface area contributed by atoms with Crippen molar-refractivity contribution < 1.29 is 14.6 Å². The van der Waals surface area contributed by atoms with E-state index in [2.05, 4.69) is 10.2 Å². The number of aliphatic hydroxyl groups excluding tert-OH is 1.